The zero-order valence-electron chi connectivity index (χ0n) is 8.40. The molecular formula is C9H8N4O3. The third-order valence-corrected chi connectivity index (χ3v) is 2.07. The van der Waals surface area contributed by atoms with Crippen LogP contribution in [0.2, 0.25) is 0 Å². The second-order valence-electron chi connectivity index (χ2n) is 2.98. The number of ether oxygens (including phenoxy) is 1. The summed E-state index contributed by atoms with van der Waals surface area (Å²) in [4.78, 5) is 10.2. The normalized spacial score (nSPS) is 10.1. The number of non-ortho nitro benzene ring substituents is 1. The summed E-state index contributed by atoms with van der Waals surface area (Å²) in [5, 5.41) is 17.9. The number of aromatic nitrogens is 3. The lowest BCUT2D eigenvalue weighted by Gasteiger charge is -2.07. The zero-order chi connectivity index (χ0) is 11.5. The van der Waals surface area contributed by atoms with Gasteiger partial charge in [-0.25, -0.2) is 0 Å². The minimum Gasteiger partial charge on any atom is -0.495 e. The maximum absolute atomic E-state index is 10.6. The number of methoxy groups -OCH3 is 1. The van der Waals surface area contributed by atoms with E-state index in [1.807, 2.05) is 0 Å². The molecule has 0 unspecified atom stereocenters. The summed E-state index contributed by atoms with van der Waals surface area (Å²) in [6.45, 7) is 0. The number of nitro benzene ring substituents is 1. The van der Waals surface area contributed by atoms with E-state index in [1.165, 1.54) is 38.0 Å². The van der Waals surface area contributed by atoms with Gasteiger partial charge in [0.2, 0.25) is 0 Å². The highest BCUT2D eigenvalue weighted by molar-refractivity contribution is 5.53. The fourth-order valence-electron chi connectivity index (χ4n) is 1.32. The van der Waals surface area contributed by atoms with E-state index in [9.17, 15) is 10.1 Å². The summed E-state index contributed by atoms with van der Waals surface area (Å²) in [7, 11) is 1.50. The van der Waals surface area contributed by atoms with Gasteiger partial charge in [-0.15, -0.1) is 10.2 Å². The van der Waals surface area contributed by atoms with E-state index in [1.54, 1.807) is 4.57 Å². The van der Waals surface area contributed by atoms with Gasteiger partial charge >= 0.3 is 0 Å². The smallest absolute Gasteiger partial charge is 0.271 e. The Hall–Kier alpha value is -2.44. The largest absolute Gasteiger partial charge is 0.495 e. The van der Waals surface area contributed by atoms with Crippen molar-refractivity contribution in [2.24, 2.45) is 0 Å². The first-order valence-electron chi connectivity index (χ1n) is 4.40. The molecule has 2 aromatic rings. The number of nitrogens with zero attached hydrogens (tertiary/aromatic N) is 4. The molecule has 0 aliphatic rings. The van der Waals surface area contributed by atoms with Crippen LogP contribution in [0.25, 0.3) is 5.69 Å². The van der Waals surface area contributed by atoms with E-state index in [4.69, 9.17) is 4.74 Å². The van der Waals surface area contributed by atoms with Crippen LogP contribution in [-0.2, 0) is 0 Å². The number of hydrogen-bond acceptors (Lipinski definition) is 5. The summed E-state index contributed by atoms with van der Waals surface area (Å²) < 4.78 is 6.65. The molecule has 0 saturated heterocycles. The molecule has 0 saturated carbocycles. The van der Waals surface area contributed by atoms with Crippen LogP contribution in [0.3, 0.4) is 0 Å². The molecular weight excluding hydrogens is 212 g/mol. The Morgan fingerprint density at radius 2 is 2.06 bits per heavy atom. The number of nitro groups is 1. The van der Waals surface area contributed by atoms with Crippen LogP contribution in [0.4, 0.5) is 5.69 Å². The van der Waals surface area contributed by atoms with Crippen LogP contribution >= 0.6 is 0 Å². The first-order chi connectivity index (χ1) is 7.72. The van der Waals surface area contributed by atoms with Gasteiger partial charge in [-0.2, -0.15) is 0 Å². The Bertz CT molecular complexity index is 509. The fourth-order valence-corrected chi connectivity index (χ4v) is 1.32. The molecule has 1 heterocycles. The Labute approximate surface area is 90.4 Å². The molecule has 1 aromatic carbocycles. The average Bonchev–Trinajstić information content (AvgIpc) is 2.81. The van der Waals surface area contributed by atoms with E-state index < -0.39 is 4.92 Å². The van der Waals surface area contributed by atoms with Gasteiger partial charge in [0.1, 0.15) is 18.4 Å². The predicted molar refractivity (Wildman–Crippen MR) is 54.6 cm³/mol. The molecule has 2 rings (SSSR count). The van der Waals surface area contributed by atoms with E-state index in [0.717, 1.165) is 0 Å². The van der Waals surface area contributed by atoms with Crippen molar-refractivity contribution in [1.29, 1.82) is 0 Å². The Morgan fingerprint density at radius 1 is 1.38 bits per heavy atom. The van der Waals surface area contributed by atoms with Crippen molar-refractivity contribution in [2.75, 3.05) is 7.11 Å². The van der Waals surface area contributed by atoms with Crippen LogP contribution in [0.5, 0.6) is 5.75 Å². The van der Waals surface area contributed by atoms with Crippen molar-refractivity contribution in [3.63, 3.8) is 0 Å². The molecule has 0 N–H and O–H groups in total. The van der Waals surface area contributed by atoms with E-state index in [2.05, 4.69) is 10.2 Å². The highest BCUT2D eigenvalue weighted by Crippen LogP contribution is 2.26. The molecule has 0 bridgehead atoms. The monoisotopic (exact) mass is 220 g/mol. The van der Waals surface area contributed by atoms with E-state index >= 15 is 0 Å². The maximum Gasteiger partial charge on any atom is 0.271 e. The van der Waals surface area contributed by atoms with Crippen LogP contribution in [0.1, 0.15) is 0 Å². The lowest BCUT2D eigenvalue weighted by Crippen LogP contribution is -1.97. The molecule has 82 valence electrons. The molecule has 7 nitrogen and oxygen atoms in total. The maximum atomic E-state index is 10.6. The third kappa shape index (κ3) is 1.70. The van der Waals surface area contributed by atoms with Crippen molar-refractivity contribution in [3.05, 3.63) is 41.0 Å². The molecule has 0 radical (unpaired) electrons. The first-order valence-corrected chi connectivity index (χ1v) is 4.40. The molecule has 0 aliphatic carbocycles. The van der Waals surface area contributed by atoms with Gasteiger partial charge in [0.05, 0.1) is 17.7 Å². The second-order valence-corrected chi connectivity index (χ2v) is 2.98. The van der Waals surface area contributed by atoms with Gasteiger partial charge in [0.25, 0.3) is 5.69 Å². The molecule has 1 aromatic heterocycles. The lowest BCUT2D eigenvalue weighted by atomic mass is 10.2. The average molecular weight is 220 g/mol. The first kappa shape index (κ1) is 10.1. The van der Waals surface area contributed by atoms with Gasteiger partial charge in [-0.1, -0.05) is 0 Å². The fraction of sp³-hybridized carbons (Fsp3) is 0.111. The molecule has 0 amide bonds. The summed E-state index contributed by atoms with van der Waals surface area (Å²) in [6.07, 6.45) is 2.89. The zero-order valence-corrected chi connectivity index (χ0v) is 8.40. The van der Waals surface area contributed by atoms with Gasteiger partial charge < -0.3 is 4.74 Å². The standard InChI is InChI=1S/C9H8N4O3/c1-16-9-3-2-7(13(14)15)4-8(9)12-5-10-11-6-12/h2-6H,1H3. The highest BCUT2D eigenvalue weighted by atomic mass is 16.6. The Morgan fingerprint density at radius 3 is 2.62 bits per heavy atom. The van der Waals surface area contributed by atoms with E-state index in [0.29, 0.717) is 11.4 Å². The van der Waals surface area contributed by atoms with Crippen molar-refractivity contribution < 1.29 is 9.66 Å². The van der Waals surface area contributed by atoms with Crippen LogP contribution in [0.15, 0.2) is 30.9 Å². The summed E-state index contributed by atoms with van der Waals surface area (Å²) in [5.41, 5.74) is 0.520. The Balaban J connectivity index is 2.56. The van der Waals surface area contributed by atoms with Gasteiger partial charge in [0.15, 0.2) is 0 Å². The molecule has 16 heavy (non-hydrogen) atoms. The SMILES string of the molecule is COc1ccc([N+](=O)[O-])cc1-n1cnnc1. The minimum absolute atomic E-state index is 0.00972. The molecule has 0 atom stereocenters. The molecule has 7 heteroatoms. The van der Waals surface area contributed by atoms with Crippen LogP contribution in [-0.4, -0.2) is 26.8 Å². The number of hydrogen-bond donors (Lipinski definition) is 0. The predicted octanol–water partition coefficient (Wildman–Crippen LogP) is 1.18. The topological polar surface area (TPSA) is 83.1 Å². The molecule has 0 fully saturated rings. The van der Waals surface area contributed by atoms with E-state index in [-0.39, 0.29) is 5.69 Å². The van der Waals surface area contributed by atoms with Crippen LogP contribution < -0.4 is 4.74 Å². The van der Waals surface area contributed by atoms with Crippen molar-refractivity contribution in [1.82, 2.24) is 14.8 Å². The molecule has 0 aliphatic heterocycles. The highest BCUT2D eigenvalue weighted by Gasteiger charge is 2.12. The van der Waals surface area contributed by atoms with Gasteiger partial charge in [-0.3, -0.25) is 14.7 Å². The molecule has 0 spiro atoms. The van der Waals surface area contributed by atoms with Crippen molar-refractivity contribution in [2.45, 2.75) is 0 Å². The summed E-state index contributed by atoms with van der Waals surface area (Å²) >= 11 is 0. The van der Waals surface area contributed by atoms with Crippen molar-refractivity contribution in [3.8, 4) is 11.4 Å². The van der Waals surface area contributed by atoms with Crippen molar-refractivity contribution >= 4 is 5.69 Å². The summed E-state index contributed by atoms with van der Waals surface area (Å²) in [6, 6.07) is 4.32. The summed E-state index contributed by atoms with van der Waals surface area (Å²) in [5.74, 6) is 0.519. The quantitative estimate of drug-likeness (QED) is 0.573. The second kappa shape index (κ2) is 3.97. The van der Waals surface area contributed by atoms with Gasteiger partial charge in [-0.05, 0) is 6.07 Å². The number of benzene rings is 1. The van der Waals surface area contributed by atoms with Gasteiger partial charge in [0, 0.05) is 12.1 Å². The third-order valence-electron chi connectivity index (χ3n) is 2.07. The number of rotatable bonds is 3. The van der Waals surface area contributed by atoms with Crippen LogP contribution in [0, 0.1) is 10.1 Å². The minimum atomic E-state index is -0.465. The Kier molecular flexibility index (Phi) is 2.50. The lowest BCUT2D eigenvalue weighted by molar-refractivity contribution is -0.384.